The van der Waals surface area contributed by atoms with Crippen molar-refractivity contribution in [2.24, 2.45) is 0 Å². The average molecular weight is 544 g/mol. The lowest BCUT2D eigenvalue weighted by atomic mass is 10.0. The van der Waals surface area contributed by atoms with E-state index >= 15 is 0 Å². The van der Waals surface area contributed by atoms with Gasteiger partial charge in [0.1, 0.15) is 6.04 Å². The first-order valence-corrected chi connectivity index (χ1v) is 14.1. The third-order valence-electron chi connectivity index (χ3n) is 5.78. The Labute approximate surface area is 228 Å². The van der Waals surface area contributed by atoms with E-state index in [1.165, 1.54) is 11.8 Å². The first-order valence-electron chi connectivity index (χ1n) is 12.1. The smallest absolute Gasteiger partial charge is 0.243 e. The Kier molecular flexibility index (Phi) is 11.7. The summed E-state index contributed by atoms with van der Waals surface area (Å²) < 4.78 is 0. The molecule has 7 heteroatoms. The quantitative estimate of drug-likeness (QED) is 0.242. The highest BCUT2D eigenvalue weighted by atomic mass is 35.5. The lowest BCUT2D eigenvalue weighted by molar-refractivity contribution is -0.139. The number of nitrogens with one attached hydrogen (secondary N) is 1. The molecule has 0 bridgehead atoms. The number of hydrogen-bond acceptors (Lipinski definition) is 3. The van der Waals surface area contributed by atoms with E-state index in [0.29, 0.717) is 35.3 Å². The van der Waals surface area contributed by atoms with Crippen molar-refractivity contribution in [3.05, 3.63) is 106 Å². The number of unbranched alkanes of at least 4 members (excludes halogenated alkanes) is 1. The molecule has 0 unspecified atom stereocenters. The molecule has 0 saturated heterocycles. The van der Waals surface area contributed by atoms with E-state index in [4.69, 9.17) is 23.2 Å². The number of carbonyl (C=O) groups is 2. The van der Waals surface area contributed by atoms with Gasteiger partial charge in [0.25, 0.3) is 0 Å². The van der Waals surface area contributed by atoms with Crippen LogP contribution < -0.4 is 5.32 Å². The van der Waals surface area contributed by atoms with Gasteiger partial charge in [-0.15, -0.1) is 11.8 Å². The molecule has 0 aliphatic heterocycles. The summed E-state index contributed by atoms with van der Waals surface area (Å²) in [4.78, 5) is 28.7. The van der Waals surface area contributed by atoms with Crippen molar-refractivity contribution in [3.63, 3.8) is 0 Å². The van der Waals surface area contributed by atoms with Crippen LogP contribution in [0.5, 0.6) is 0 Å². The first-order chi connectivity index (χ1) is 17.5. The largest absolute Gasteiger partial charge is 0.354 e. The van der Waals surface area contributed by atoms with Gasteiger partial charge in [0.05, 0.1) is 5.75 Å². The number of thioether (sulfide) groups is 1. The predicted molar refractivity (Wildman–Crippen MR) is 151 cm³/mol. The second-order valence-electron chi connectivity index (χ2n) is 8.59. The second-order valence-corrected chi connectivity index (χ2v) is 10.4. The van der Waals surface area contributed by atoms with Crippen LogP contribution in [0.3, 0.4) is 0 Å². The molecule has 0 fully saturated rings. The van der Waals surface area contributed by atoms with Gasteiger partial charge in [0.15, 0.2) is 0 Å². The van der Waals surface area contributed by atoms with Crippen molar-refractivity contribution in [2.75, 3.05) is 12.3 Å². The van der Waals surface area contributed by atoms with Gasteiger partial charge < -0.3 is 10.2 Å². The Morgan fingerprint density at radius 1 is 0.944 bits per heavy atom. The number of benzene rings is 3. The van der Waals surface area contributed by atoms with Crippen LogP contribution in [0.15, 0.2) is 78.9 Å². The van der Waals surface area contributed by atoms with E-state index in [2.05, 4.69) is 12.2 Å². The van der Waals surface area contributed by atoms with Gasteiger partial charge in [-0.25, -0.2) is 0 Å². The molecule has 0 aromatic heterocycles. The normalized spacial score (nSPS) is 11.6. The van der Waals surface area contributed by atoms with Crippen LogP contribution in [0.1, 0.15) is 36.5 Å². The third-order valence-corrected chi connectivity index (χ3v) is 7.35. The van der Waals surface area contributed by atoms with Gasteiger partial charge in [0.2, 0.25) is 11.8 Å². The van der Waals surface area contributed by atoms with Gasteiger partial charge >= 0.3 is 0 Å². The van der Waals surface area contributed by atoms with Crippen LogP contribution in [0.2, 0.25) is 10.0 Å². The Balaban J connectivity index is 1.84. The highest BCUT2D eigenvalue weighted by Crippen LogP contribution is 2.23. The molecule has 0 heterocycles. The Morgan fingerprint density at radius 3 is 2.39 bits per heavy atom. The maximum atomic E-state index is 13.6. The summed E-state index contributed by atoms with van der Waals surface area (Å²) in [5.41, 5.74) is 2.86. The summed E-state index contributed by atoms with van der Waals surface area (Å²) >= 11 is 14.0. The summed E-state index contributed by atoms with van der Waals surface area (Å²) in [5, 5.41) is 4.33. The molecule has 3 aromatic rings. The molecule has 2 amide bonds. The van der Waals surface area contributed by atoms with Crippen LogP contribution in [-0.4, -0.2) is 35.1 Å². The number of nitrogens with zero attached hydrogens (tertiary/aromatic N) is 1. The lowest BCUT2D eigenvalue weighted by Gasteiger charge is -2.31. The van der Waals surface area contributed by atoms with E-state index in [0.717, 1.165) is 29.5 Å². The van der Waals surface area contributed by atoms with E-state index in [1.807, 2.05) is 72.8 Å². The number of carbonyl (C=O) groups excluding carboxylic acids is 2. The maximum absolute atomic E-state index is 13.6. The van der Waals surface area contributed by atoms with Gasteiger partial charge in [-0.05, 0) is 41.3 Å². The predicted octanol–water partition coefficient (Wildman–Crippen LogP) is 6.78. The first kappa shape index (κ1) is 28.1. The van der Waals surface area contributed by atoms with Crippen molar-refractivity contribution in [1.82, 2.24) is 10.2 Å². The fraction of sp³-hybridized carbons (Fsp3) is 0.310. The summed E-state index contributed by atoms with van der Waals surface area (Å²) in [6.07, 6.45) is 2.30. The Hall–Kier alpha value is -2.47. The van der Waals surface area contributed by atoms with Crippen LogP contribution in [-0.2, 0) is 28.3 Å². The molecular weight excluding hydrogens is 511 g/mol. The summed E-state index contributed by atoms with van der Waals surface area (Å²) in [5.74, 6) is 0.610. The number of hydrogen-bond donors (Lipinski definition) is 1. The van der Waals surface area contributed by atoms with Crippen molar-refractivity contribution in [1.29, 1.82) is 0 Å². The fourth-order valence-corrected chi connectivity index (χ4v) is 5.25. The van der Waals surface area contributed by atoms with Gasteiger partial charge in [-0.2, -0.15) is 0 Å². The molecule has 3 rings (SSSR count). The SMILES string of the molecule is CCCCNC(=O)[C@H](Cc1ccccc1)N(Cc1cccc(Cl)c1)C(=O)CSCc1ccccc1Cl. The van der Waals surface area contributed by atoms with Crippen molar-refractivity contribution in [3.8, 4) is 0 Å². The molecule has 0 spiro atoms. The molecule has 1 atom stereocenters. The van der Waals surface area contributed by atoms with Crippen LogP contribution in [0, 0.1) is 0 Å². The van der Waals surface area contributed by atoms with E-state index in [1.54, 1.807) is 11.0 Å². The molecule has 1 N–H and O–H groups in total. The molecule has 0 aliphatic carbocycles. The highest BCUT2D eigenvalue weighted by Gasteiger charge is 2.30. The molecule has 0 radical (unpaired) electrons. The Bertz CT molecular complexity index is 1130. The molecule has 3 aromatic carbocycles. The van der Waals surface area contributed by atoms with Crippen LogP contribution in [0.25, 0.3) is 0 Å². The van der Waals surface area contributed by atoms with Crippen molar-refractivity contribution in [2.45, 2.75) is 44.5 Å². The number of rotatable bonds is 13. The number of amides is 2. The maximum Gasteiger partial charge on any atom is 0.243 e. The van der Waals surface area contributed by atoms with Gasteiger partial charge in [0, 0.05) is 35.3 Å². The van der Waals surface area contributed by atoms with E-state index < -0.39 is 6.04 Å². The zero-order chi connectivity index (χ0) is 25.8. The second kappa shape index (κ2) is 14.9. The standard InChI is InChI=1S/C29H32Cl2N2O2S/c1-2-3-16-32-29(35)27(18-22-10-5-4-6-11-22)33(19-23-12-9-14-25(30)17-23)28(34)21-36-20-24-13-7-8-15-26(24)31/h4-15,17,27H,2-3,16,18-21H2,1H3,(H,32,35)/t27-/m0/s1. The molecular formula is C29H32Cl2N2O2S. The number of halogens is 2. The molecule has 0 saturated carbocycles. The van der Waals surface area contributed by atoms with Gasteiger partial charge in [-0.3, -0.25) is 9.59 Å². The lowest BCUT2D eigenvalue weighted by Crippen LogP contribution is -2.51. The monoisotopic (exact) mass is 542 g/mol. The fourth-order valence-electron chi connectivity index (χ4n) is 3.84. The van der Waals surface area contributed by atoms with Gasteiger partial charge in [-0.1, -0.05) is 97.2 Å². The summed E-state index contributed by atoms with van der Waals surface area (Å²) in [7, 11) is 0. The average Bonchev–Trinajstić information content (AvgIpc) is 2.88. The molecule has 4 nitrogen and oxygen atoms in total. The minimum absolute atomic E-state index is 0.0985. The topological polar surface area (TPSA) is 49.4 Å². The van der Waals surface area contributed by atoms with Crippen molar-refractivity contribution >= 4 is 46.8 Å². The highest BCUT2D eigenvalue weighted by molar-refractivity contribution is 7.99. The van der Waals surface area contributed by atoms with Crippen LogP contribution >= 0.6 is 35.0 Å². The van der Waals surface area contributed by atoms with E-state index in [9.17, 15) is 9.59 Å². The Morgan fingerprint density at radius 2 is 1.67 bits per heavy atom. The third kappa shape index (κ3) is 8.88. The molecule has 190 valence electrons. The van der Waals surface area contributed by atoms with Crippen molar-refractivity contribution < 1.29 is 9.59 Å². The summed E-state index contributed by atoms with van der Waals surface area (Å²) in [6.45, 7) is 2.96. The minimum Gasteiger partial charge on any atom is -0.354 e. The zero-order valence-electron chi connectivity index (χ0n) is 20.5. The zero-order valence-corrected chi connectivity index (χ0v) is 22.8. The molecule has 36 heavy (non-hydrogen) atoms. The van der Waals surface area contributed by atoms with Crippen LogP contribution in [0.4, 0.5) is 0 Å². The molecule has 0 aliphatic rings. The van der Waals surface area contributed by atoms with E-state index in [-0.39, 0.29) is 17.6 Å². The minimum atomic E-state index is -0.642. The summed E-state index contributed by atoms with van der Waals surface area (Å²) in [6, 6.07) is 24.2.